The normalized spacial score (nSPS) is 11.2. The summed E-state index contributed by atoms with van der Waals surface area (Å²) in [4.78, 5) is 4.42. The first-order valence-electron chi connectivity index (χ1n) is 8.89. The quantitative estimate of drug-likeness (QED) is 0.488. The van der Waals surface area contributed by atoms with Gasteiger partial charge < -0.3 is 0 Å². The number of nitrogens with zero attached hydrogens (tertiary/aromatic N) is 7. The number of aromatic nitrogens is 7. The van der Waals surface area contributed by atoms with Crippen molar-refractivity contribution in [2.45, 2.75) is 0 Å². The maximum atomic E-state index is 4.42. The van der Waals surface area contributed by atoms with Crippen molar-refractivity contribution >= 4 is 10.8 Å². The number of hydrogen-bond acceptors (Lipinski definition) is 5. The zero-order valence-corrected chi connectivity index (χ0v) is 15.5. The zero-order valence-electron chi connectivity index (χ0n) is 15.5. The Morgan fingerprint density at radius 2 is 1.57 bits per heavy atom. The average Bonchev–Trinajstić information content (AvgIpc) is 3.35. The van der Waals surface area contributed by atoms with Crippen LogP contribution in [0.4, 0.5) is 0 Å². The lowest BCUT2D eigenvalue weighted by molar-refractivity contribution is 0.715. The molecule has 7 heteroatoms. The minimum Gasteiger partial charge on any atom is -0.275 e. The summed E-state index contributed by atoms with van der Waals surface area (Å²) >= 11 is 0. The van der Waals surface area contributed by atoms with Gasteiger partial charge in [0.1, 0.15) is 0 Å². The Labute approximate surface area is 161 Å². The fourth-order valence-corrected chi connectivity index (χ4v) is 3.42. The van der Waals surface area contributed by atoms with Crippen molar-refractivity contribution in [3.8, 4) is 33.6 Å². The van der Waals surface area contributed by atoms with Crippen LogP contribution in [0.15, 0.2) is 67.3 Å². The third kappa shape index (κ3) is 2.73. The number of pyridine rings is 1. The van der Waals surface area contributed by atoms with Crippen LogP contribution in [0.5, 0.6) is 0 Å². The van der Waals surface area contributed by atoms with E-state index in [2.05, 4.69) is 62.0 Å². The van der Waals surface area contributed by atoms with E-state index < -0.39 is 0 Å². The van der Waals surface area contributed by atoms with Gasteiger partial charge in [-0.1, -0.05) is 36.4 Å². The molecule has 0 aliphatic rings. The topological polar surface area (TPSA) is 74.3 Å². The van der Waals surface area contributed by atoms with E-state index in [1.165, 1.54) is 0 Å². The molecule has 0 N–H and O–H groups in total. The first kappa shape index (κ1) is 16.3. The van der Waals surface area contributed by atoms with E-state index in [0.717, 1.165) is 44.4 Å². The van der Waals surface area contributed by atoms with Gasteiger partial charge >= 0.3 is 0 Å². The Balaban J connectivity index is 1.61. The monoisotopic (exact) mass is 367 g/mol. The van der Waals surface area contributed by atoms with E-state index in [-0.39, 0.29) is 0 Å². The summed E-state index contributed by atoms with van der Waals surface area (Å²) in [5.74, 6) is 0.733. The maximum Gasteiger partial charge on any atom is 0.181 e. The molecule has 0 radical (unpaired) electrons. The molecule has 7 nitrogen and oxygen atoms in total. The summed E-state index contributed by atoms with van der Waals surface area (Å²) in [5, 5.41) is 18.2. The summed E-state index contributed by atoms with van der Waals surface area (Å²) < 4.78 is 3.48. The van der Waals surface area contributed by atoms with Crippen molar-refractivity contribution in [3.05, 3.63) is 67.3 Å². The Bertz CT molecular complexity index is 1280. The number of benzene rings is 2. The third-order valence-corrected chi connectivity index (χ3v) is 4.87. The second-order valence-corrected chi connectivity index (χ2v) is 6.73. The zero-order chi connectivity index (χ0) is 19.1. The molecule has 5 rings (SSSR count). The van der Waals surface area contributed by atoms with Crippen LogP contribution in [0, 0.1) is 0 Å². The molecule has 0 spiro atoms. The molecule has 5 aromatic rings. The summed E-state index contributed by atoms with van der Waals surface area (Å²) in [6, 6.07) is 14.7. The molecule has 136 valence electrons. The highest BCUT2D eigenvalue weighted by Gasteiger charge is 2.10. The largest absolute Gasteiger partial charge is 0.275 e. The predicted octanol–water partition coefficient (Wildman–Crippen LogP) is 3.49. The Kier molecular flexibility index (Phi) is 3.72. The first-order chi connectivity index (χ1) is 13.7. The van der Waals surface area contributed by atoms with E-state index in [1.54, 1.807) is 9.36 Å². The van der Waals surface area contributed by atoms with Crippen LogP contribution < -0.4 is 0 Å². The highest BCUT2D eigenvalue weighted by molar-refractivity contribution is 5.98. The van der Waals surface area contributed by atoms with Crippen molar-refractivity contribution < 1.29 is 0 Å². The number of rotatable bonds is 3. The van der Waals surface area contributed by atoms with Crippen molar-refractivity contribution in [1.82, 2.24) is 35.0 Å². The van der Waals surface area contributed by atoms with Crippen LogP contribution in [0.2, 0.25) is 0 Å². The van der Waals surface area contributed by atoms with Crippen molar-refractivity contribution in [1.29, 1.82) is 0 Å². The van der Waals surface area contributed by atoms with Gasteiger partial charge in [-0.2, -0.15) is 5.10 Å². The molecular weight excluding hydrogens is 350 g/mol. The van der Waals surface area contributed by atoms with E-state index in [9.17, 15) is 0 Å². The smallest absolute Gasteiger partial charge is 0.181 e. The van der Waals surface area contributed by atoms with Crippen LogP contribution in [0.25, 0.3) is 44.4 Å². The van der Waals surface area contributed by atoms with Gasteiger partial charge in [-0.15, -0.1) is 5.10 Å². The molecule has 0 fully saturated rings. The SMILES string of the molecule is Cn1cc(-c2ccc(-c3cncc4ccc(-c5nnnn5C)cc34)cc2)cn1. The van der Waals surface area contributed by atoms with Crippen molar-refractivity contribution in [2.75, 3.05) is 0 Å². The first-order valence-corrected chi connectivity index (χ1v) is 8.89. The van der Waals surface area contributed by atoms with Crippen molar-refractivity contribution in [2.24, 2.45) is 14.1 Å². The predicted molar refractivity (Wildman–Crippen MR) is 107 cm³/mol. The number of tetrazole rings is 1. The van der Waals surface area contributed by atoms with E-state index in [4.69, 9.17) is 0 Å². The Morgan fingerprint density at radius 1 is 0.786 bits per heavy atom. The van der Waals surface area contributed by atoms with Crippen molar-refractivity contribution in [3.63, 3.8) is 0 Å². The van der Waals surface area contributed by atoms with Crippen LogP contribution >= 0.6 is 0 Å². The van der Waals surface area contributed by atoms with Gasteiger partial charge in [-0.05, 0) is 33.0 Å². The van der Waals surface area contributed by atoms with Gasteiger partial charge in [0.25, 0.3) is 0 Å². The molecule has 28 heavy (non-hydrogen) atoms. The summed E-state index contributed by atoms with van der Waals surface area (Å²) in [7, 11) is 3.76. The summed E-state index contributed by atoms with van der Waals surface area (Å²) in [5.41, 5.74) is 5.39. The molecule has 3 heterocycles. The van der Waals surface area contributed by atoms with E-state index >= 15 is 0 Å². The van der Waals surface area contributed by atoms with E-state index in [0.29, 0.717) is 0 Å². The maximum absolute atomic E-state index is 4.42. The molecule has 0 aliphatic carbocycles. The Hall–Kier alpha value is -3.87. The molecule has 0 atom stereocenters. The third-order valence-electron chi connectivity index (χ3n) is 4.87. The fourth-order valence-electron chi connectivity index (χ4n) is 3.42. The van der Waals surface area contributed by atoms with Gasteiger partial charge in [-0.3, -0.25) is 9.67 Å². The van der Waals surface area contributed by atoms with Gasteiger partial charge in [-0.25, -0.2) is 4.68 Å². The molecule has 3 aromatic heterocycles. The lowest BCUT2D eigenvalue weighted by atomic mass is 9.97. The van der Waals surface area contributed by atoms with Gasteiger partial charge in [0.05, 0.1) is 6.20 Å². The Morgan fingerprint density at radius 3 is 2.29 bits per heavy atom. The summed E-state index contributed by atoms with van der Waals surface area (Å²) in [6.45, 7) is 0. The van der Waals surface area contributed by atoms with Gasteiger partial charge in [0.2, 0.25) is 0 Å². The number of hydrogen-bond donors (Lipinski definition) is 0. The lowest BCUT2D eigenvalue weighted by Crippen LogP contribution is -1.95. The second kappa shape index (κ2) is 6.38. The lowest BCUT2D eigenvalue weighted by Gasteiger charge is -2.09. The second-order valence-electron chi connectivity index (χ2n) is 6.73. The molecule has 0 unspecified atom stereocenters. The molecule has 0 saturated carbocycles. The molecule has 0 saturated heterocycles. The van der Waals surface area contributed by atoms with Crippen LogP contribution in [-0.4, -0.2) is 35.0 Å². The summed E-state index contributed by atoms with van der Waals surface area (Å²) in [6.07, 6.45) is 7.66. The van der Waals surface area contributed by atoms with Crippen LogP contribution in [0.1, 0.15) is 0 Å². The van der Waals surface area contributed by atoms with E-state index in [1.807, 2.05) is 44.9 Å². The van der Waals surface area contributed by atoms with Crippen LogP contribution in [0.3, 0.4) is 0 Å². The van der Waals surface area contributed by atoms with Gasteiger partial charge in [0, 0.05) is 54.8 Å². The molecular formula is C21H17N7. The molecule has 2 aromatic carbocycles. The highest BCUT2D eigenvalue weighted by Crippen LogP contribution is 2.32. The molecule has 0 amide bonds. The highest BCUT2D eigenvalue weighted by atomic mass is 15.5. The molecule has 0 aliphatic heterocycles. The van der Waals surface area contributed by atoms with Gasteiger partial charge in [0.15, 0.2) is 5.82 Å². The standard InChI is InChI=1S/C21H17N7/c1-27-13-18(11-23-27)14-3-5-15(6-4-14)20-12-22-10-17-8-7-16(9-19(17)20)21-24-25-26-28(21)2/h3-13H,1-2H3. The minimum absolute atomic E-state index is 0.733. The fraction of sp³-hybridized carbons (Fsp3) is 0.0952. The number of fused-ring (bicyclic) bond motifs is 1. The average molecular weight is 367 g/mol. The minimum atomic E-state index is 0.733. The molecule has 0 bridgehead atoms. The van der Waals surface area contributed by atoms with Crippen LogP contribution in [-0.2, 0) is 14.1 Å². The number of aryl methyl sites for hydroxylation is 2.